The summed E-state index contributed by atoms with van der Waals surface area (Å²) in [5.74, 6) is -0.766. The number of methoxy groups -OCH3 is 1. The Kier molecular flexibility index (Phi) is 5.92. The molecule has 0 unspecified atom stereocenters. The standard InChI is InChI=1S/C21H32N2O6/c1-20(2,3)29-19(27)22-11-10-15(24)21(13-22)12-14-8-6-5-7-9-16(25)23(14)17(21)18(26)28-4/h14,17H,5-13H2,1-4H3/t14-,17-,21-/m0/s1. The number of fused-ring (bicyclic) bond motifs is 1. The Labute approximate surface area is 171 Å². The first-order valence-corrected chi connectivity index (χ1v) is 10.5. The molecule has 8 heteroatoms. The molecular formula is C21H32N2O6. The van der Waals surface area contributed by atoms with Crippen LogP contribution in [0.3, 0.4) is 0 Å². The van der Waals surface area contributed by atoms with E-state index in [4.69, 9.17) is 9.47 Å². The van der Waals surface area contributed by atoms with E-state index in [0.717, 1.165) is 25.7 Å². The lowest BCUT2D eigenvalue weighted by molar-refractivity contribution is -0.160. The second-order valence-corrected chi connectivity index (χ2v) is 9.42. The van der Waals surface area contributed by atoms with Gasteiger partial charge in [-0.15, -0.1) is 0 Å². The molecule has 1 spiro atoms. The molecular weight excluding hydrogens is 376 g/mol. The van der Waals surface area contributed by atoms with Crippen molar-refractivity contribution in [2.45, 2.75) is 83.4 Å². The summed E-state index contributed by atoms with van der Waals surface area (Å²) in [7, 11) is 1.27. The third-order valence-corrected chi connectivity index (χ3v) is 6.22. The minimum atomic E-state index is -1.13. The van der Waals surface area contributed by atoms with E-state index < -0.39 is 29.1 Å². The van der Waals surface area contributed by atoms with Crippen LogP contribution in [0.1, 0.15) is 65.7 Å². The number of hydrogen-bond donors (Lipinski definition) is 0. The van der Waals surface area contributed by atoms with E-state index in [0.29, 0.717) is 12.8 Å². The van der Waals surface area contributed by atoms with E-state index >= 15 is 0 Å². The van der Waals surface area contributed by atoms with Gasteiger partial charge in [-0.3, -0.25) is 9.59 Å². The van der Waals surface area contributed by atoms with Crippen LogP contribution in [-0.4, -0.2) is 71.4 Å². The summed E-state index contributed by atoms with van der Waals surface area (Å²) < 4.78 is 10.5. The Morgan fingerprint density at radius 1 is 1.10 bits per heavy atom. The van der Waals surface area contributed by atoms with Crippen molar-refractivity contribution in [1.29, 1.82) is 0 Å². The monoisotopic (exact) mass is 408 g/mol. The molecule has 0 aromatic rings. The number of rotatable bonds is 1. The second kappa shape index (κ2) is 7.95. The van der Waals surface area contributed by atoms with E-state index in [2.05, 4.69) is 0 Å². The highest BCUT2D eigenvalue weighted by Crippen LogP contribution is 2.48. The highest BCUT2D eigenvalue weighted by atomic mass is 16.6. The molecule has 8 nitrogen and oxygen atoms in total. The van der Waals surface area contributed by atoms with Gasteiger partial charge in [0.15, 0.2) is 0 Å². The number of hydrogen-bond acceptors (Lipinski definition) is 6. The minimum absolute atomic E-state index is 0.0702. The molecule has 0 bridgehead atoms. The van der Waals surface area contributed by atoms with Gasteiger partial charge in [0.1, 0.15) is 17.4 Å². The topological polar surface area (TPSA) is 93.2 Å². The summed E-state index contributed by atoms with van der Waals surface area (Å²) in [5.41, 5.74) is -1.79. The molecule has 0 radical (unpaired) electrons. The van der Waals surface area contributed by atoms with Crippen molar-refractivity contribution < 1.29 is 28.7 Å². The van der Waals surface area contributed by atoms with Crippen LogP contribution in [0.25, 0.3) is 0 Å². The fraction of sp³-hybridized carbons (Fsp3) is 0.810. The highest BCUT2D eigenvalue weighted by molar-refractivity contribution is 5.97. The van der Waals surface area contributed by atoms with E-state index in [-0.39, 0.29) is 37.2 Å². The van der Waals surface area contributed by atoms with Crippen LogP contribution in [0.5, 0.6) is 0 Å². The zero-order valence-corrected chi connectivity index (χ0v) is 17.9. The largest absolute Gasteiger partial charge is 0.467 e. The SMILES string of the molecule is COC(=O)[C@@H]1N2C(=O)CCCCC[C@H]2C[C@@]12CN(C(=O)OC(C)(C)C)CCC2=O. The van der Waals surface area contributed by atoms with Crippen molar-refractivity contribution >= 4 is 23.8 Å². The van der Waals surface area contributed by atoms with Crippen LogP contribution >= 0.6 is 0 Å². The van der Waals surface area contributed by atoms with E-state index in [1.54, 1.807) is 25.7 Å². The number of esters is 1. The predicted octanol–water partition coefficient (Wildman–Crippen LogP) is 2.29. The zero-order chi connectivity index (χ0) is 21.4. The summed E-state index contributed by atoms with van der Waals surface area (Å²) in [5, 5.41) is 0. The normalized spacial score (nSPS) is 30.6. The third-order valence-electron chi connectivity index (χ3n) is 6.22. The molecule has 3 fully saturated rings. The molecule has 3 heterocycles. The minimum Gasteiger partial charge on any atom is -0.467 e. The van der Waals surface area contributed by atoms with E-state index in [9.17, 15) is 19.2 Å². The fourth-order valence-corrected chi connectivity index (χ4v) is 5.00. The number of amides is 2. The highest BCUT2D eigenvalue weighted by Gasteiger charge is 2.63. The molecule has 162 valence electrons. The molecule has 2 amide bonds. The number of Topliss-reactive ketones (excluding diaryl/α,β-unsaturated/α-hetero) is 1. The molecule has 3 saturated heterocycles. The van der Waals surface area contributed by atoms with Gasteiger partial charge in [0.2, 0.25) is 5.91 Å². The van der Waals surface area contributed by atoms with Crippen LogP contribution in [0.2, 0.25) is 0 Å². The Balaban J connectivity index is 1.96. The predicted molar refractivity (Wildman–Crippen MR) is 104 cm³/mol. The maximum Gasteiger partial charge on any atom is 0.410 e. The lowest BCUT2D eigenvalue weighted by atomic mass is 9.71. The van der Waals surface area contributed by atoms with Crippen LogP contribution in [-0.2, 0) is 23.9 Å². The molecule has 0 aromatic carbocycles. The van der Waals surface area contributed by atoms with Gasteiger partial charge in [-0.25, -0.2) is 9.59 Å². The molecule has 3 atom stereocenters. The van der Waals surface area contributed by atoms with Gasteiger partial charge in [0.25, 0.3) is 0 Å². The molecule has 29 heavy (non-hydrogen) atoms. The zero-order valence-electron chi connectivity index (χ0n) is 17.9. The molecule has 3 aliphatic heterocycles. The Morgan fingerprint density at radius 2 is 1.83 bits per heavy atom. The molecule has 0 aliphatic carbocycles. The van der Waals surface area contributed by atoms with Crippen molar-refractivity contribution in [3.05, 3.63) is 0 Å². The van der Waals surface area contributed by atoms with Gasteiger partial charge in [-0.2, -0.15) is 0 Å². The van der Waals surface area contributed by atoms with Gasteiger partial charge in [0.05, 0.1) is 12.5 Å². The number of ketones is 1. The van der Waals surface area contributed by atoms with E-state index in [1.807, 2.05) is 0 Å². The fourth-order valence-electron chi connectivity index (χ4n) is 5.00. The number of piperidine rings is 1. The third kappa shape index (κ3) is 4.12. The lowest BCUT2D eigenvalue weighted by Gasteiger charge is -2.42. The smallest absolute Gasteiger partial charge is 0.410 e. The van der Waals surface area contributed by atoms with Crippen molar-refractivity contribution in [3.63, 3.8) is 0 Å². The van der Waals surface area contributed by atoms with Crippen LogP contribution in [0, 0.1) is 5.41 Å². The second-order valence-electron chi connectivity index (χ2n) is 9.42. The lowest BCUT2D eigenvalue weighted by Crippen LogP contribution is -2.60. The Hall–Kier alpha value is -2.12. The van der Waals surface area contributed by atoms with Gasteiger partial charge < -0.3 is 19.3 Å². The summed E-state index contributed by atoms with van der Waals surface area (Å²) in [4.78, 5) is 54.7. The van der Waals surface area contributed by atoms with Crippen LogP contribution in [0.4, 0.5) is 4.79 Å². The number of likely N-dealkylation sites (tertiary alicyclic amines) is 1. The first kappa shape index (κ1) is 21.6. The number of carbonyl (C=O) groups excluding carboxylic acids is 4. The molecule has 0 aromatic heterocycles. The quantitative estimate of drug-likeness (QED) is 0.618. The average molecular weight is 408 g/mol. The average Bonchev–Trinajstić information content (AvgIpc) is 2.94. The molecule has 3 aliphatic rings. The summed E-state index contributed by atoms with van der Waals surface area (Å²) in [6.07, 6.45) is 3.83. The number of carbonyl (C=O) groups is 4. The van der Waals surface area contributed by atoms with Crippen molar-refractivity contribution in [2.24, 2.45) is 5.41 Å². The number of nitrogens with zero attached hydrogens (tertiary/aromatic N) is 2. The van der Waals surface area contributed by atoms with Crippen LogP contribution < -0.4 is 0 Å². The maximum absolute atomic E-state index is 13.2. The molecule has 0 N–H and O–H groups in total. The number of ether oxygens (including phenoxy) is 2. The summed E-state index contributed by atoms with van der Waals surface area (Å²) in [6.45, 7) is 5.68. The maximum atomic E-state index is 13.2. The van der Waals surface area contributed by atoms with Gasteiger partial charge in [-0.05, 0) is 40.0 Å². The van der Waals surface area contributed by atoms with Crippen molar-refractivity contribution in [3.8, 4) is 0 Å². The van der Waals surface area contributed by atoms with Gasteiger partial charge in [0, 0.05) is 32.0 Å². The van der Waals surface area contributed by atoms with Crippen molar-refractivity contribution in [2.75, 3.05) is 20.2 Å². The first-order chi connectivity index (χ1) is 13.6. The molecule has 0 saturated carbocycles. The Bertz CT molecular complexity index is 700. The van der Waals surface area contributed by atoms with Gasteiger partial charge >= 0.3 is 12.1 Å². The van der Waals surface area contributed by atoms with E-state index in [1.165, 1.54) is 12.0 Å². The van der Waals surface area contributed by atoms with Crippen molar-refractivity contribution in [1.82, 2.24) is 9.80 Å². The summed E-state index contributed by atoms with van der Waals surface area (Å²) in [6, 6.07) is -1.17. The Morgan fingerprint density at radius 3 is 2.48 bits per heavy atom. The van der Waals surface area contributed by atoms with Crippen LogP contribution in [0.15, 0.2) is 0 Å². The molecule has 3 rings (SSSR count). The van der Waals surface area contributed by atoms with Gasteiger partial charge in [-0.1, -0.05) is 12.8 Å². The first-order valence-electron chi connectivity index (χ1n) is 10.5. The summed E-state index contributed by atoms with van der Waals surface area (Å²) >= 11 is 0.